The Labute approximate surface area is 172 Å². The summed E-state index contributed by atoms with van der Waals surface area (Å²) >= 11 is 0. The highest BCUT2D eigenvalue weighted by atomic mass is 19.4. The number of carbonyl (C=O) groups is 2. The van der Waals surface area contributed by atoms with Gasteiger partial charge in [0.25, 0.3) is 0 Å². The van der Waals surface area contributed by atoms with E-state index in [0.717, 1.165) is 30.5 Å². The fourth-order valence-corrected chi connectivity index (χ4v) is 3.57. The van der Waals surface area contributed by atoms with Gasteiger partial charge in [-0.05, 0) is 54.7 Å². The Bertz CT molecular complexity index is 925. The number of hydrogen-bond acceptors (Lipinski definition) is 3. The SMILES string of the molecule is Cc1ccc([C@H]2CCCN(C(=O)OCc3ccc(C(F)(F)F)cc3)C2)cc1C(=O)O. The van der Waals surface area contributed by atoms with Crippen molar-refractivity contribution in [2.24, 2.45) is 0 Å². The highest BCUT2D eigenvalue weighted by molar-refractivity contribution is 5.89. The van der Waals surface area contributed by atoms with E-state index in [0.29, 0.717) is 24.2 Å². The fraction of sp³-hybridized carbons (Fsp3) is 0.364. The van der Waals surface area contributed by atoms with Crippen LogP contribution in [0.2, 0.25) is 0 Å². The minimum atomic E-state index is -4.41. The fourth-order valence-electron chi connectivity index (χ4n) is 3.57. The Kier molecular flexibility index (Phi) is 6.34. The number of nitrogens with zero attached hydrogens (tertiary/aromatic N) is 1. The average Bonchev–Trinajstić information content (AvgIpc) is 2.72. The molecule has 3 rings (SSSR count). The summed E-state index contributed by atoms with van der Waals surface area (Å²) in [5.74, 6) is -0.992. The van der Waals surface area contributed by atoms with Crippen molar-refractivity contribution in [2.75, 3.05) is 13.1 Å². The lowest BCUT2D eigenvalue weighted by Gasteiger charge is -2.32. The number of benzene rings is 2. The lowest BCUT2D eigenvalue weighted by atomic mass is 9.89. The maximum Gasteiger partial charge on any atom is 0.416 e. The van der Waals surface area contributed by atoms with Crippen molar-refractivity contribution in [1.82, 2.24) is 4.90 Å². The standard InChI is InChI=1S/C22H22F3NO4/c1-14-4-7-16(11-19(14)20(27)28)17-3-2-10-26(12-17)21(29)30-13-15-5-8-18(9-6-15)22(23,24)25/h4-9,11,17H,2-3,10,12-13H2,1H3,(H,27,28)/t17-/m0/s1. The topological polar surface area (TPSA) is 66.8 Å². The summed E-state index contributed by atoms with van der Waals surface area (Å²) in [7, 11) is 0. The van der Waals surface area contributed by atoms with Crippen molar-refractivity contribution in [3.63, 3.8) is 0 Å². The number of piperidine rings is 1. The molecule has 160 valence electrons. The molecule has 8 heteroatoms. The van der Waals surface area contributed by atoms with Crippen molar-refractivity contribution in [1.29, 1.82) is 0 Å². The quantitative estimate of drug-likeness (QED) is 0.734. The van der Waals surface area contributed by atoms with E-state index in [1.165, 1.54) is 12.1 Å². The van der Waals surface area contributed by atoms with E-state index < -0.39 is 23.8 Å². The van der Waals surface area contributed by atoms with E-state index in [4.69, 9.17) is 4.74 Å². The summed E-state index contributed by atoms with van der Waals surface area (Å²) in [5.41, 5.74) is 1.49. The first-order valence-electron chi connectivity index (χ1n) is 9.57. The minimum absolute atomic E-state index is 0.00364. The molecule has 5 nitrogen and oxygen atoms in total. The third kappa shape index (κ3) is 5.11. The summed E-state index contributed by atoms with van der Waals surface area (Å²) in [6.45, 7) is 2.53. The zero-order chi connectivity index (χ0) is 21.9. The van der Waals surface area contributed by atoms with Crippen molar-refractivity contribution in [3.05, 3.63) is 70.3 Å². The molecule has 0 saturated carbocycles. The van der Waals surface area contributed by atoms with E-state index >= 15 is 0 Å². The van der Waals surface area contributed by atoms with Gasteiger partial charge < -0.3 is 14.7 Å². The highest BCUT2D eigenvalue weighted by Gasteiger charge is 2.30. The summed E-state index contributed by atoms with van der Waals surface area (Å²) in [6.07, 6.45) is -3.37. The molecule has 0 bridgehead atoms. The van der Waals surface area contributed by atoms with Crippen molar-refractivity contribution in [2.45, 2.75) is 38.5 Å². The van der Waals surface area contributed by atoms with Crippen LogP contribution in [0.25, 0.3) is 0 Å². The number of alkyl halides is 3. The third-order valence-corrected chi connectivity index (χ3v) is 5.29. The number of carboxylic acids is 1. The number of hydrogen-bond donors (Lipinski definition) is 1. The van der Waals surface area contributed by atoms with Crippen LogP contribution in [-0.4, -0.2) is 35.2 Å². The first-order valence-corrected chi connectivity index (χ1v) is 9.57. The molecule has 2 aromatic carbocycles. The van der Waals surface area contributed by atoms with Crippen molar-refractivity contribution < 1.29 is 32.6 Å². The Morgan fingerprint density at radius 3 is 2.50 bits per heavy atom. The minimum Gasteiger partial charge on any atom is -0.478 e. The second-order valence-electron chi connectivity index (χ2n) is 7.41. The van der Waals surface area contributed by atoms with E-state index in [9.17, 15) is 27.9 Å². The maximum atomic E-state index is 12.6. The Hall–Kier alpha value is -3.03. The van der Waals surface area contributed by atoms with Crippen LogP contribution in [0, 0.1) is 6.92 Å². The molecule has 1 aliphatic rings. The summed E-state index contributed by atoms with van der Waals surface area (Å²) in [6, 6.07) is 9.78. The number of likely N-dealkylation sites (tertiary alicyclic amines) is 1. The van der Waals surface area contributed by atoms with Crippen LogP contribution in [0.1, 0.15) is 51.4 Å². The van der Waals surface area contributed by atoms with Crippen LogP contribution in [0.15, 0.2) is 42.5 Å². The van der Waals surface area contributed by atoms with E-state index in [1.807, 2.05) is 6.07 Å². The summed E-state index contributed by atoms with van der Waals surface area (Å²) in [4.78, 5) is 25.4. The number of halogens is 3. The predicted octanol–water partition coefficient (Wildman–Crippen LogP) is 5.23. The maximum absolute atomic E-state index is 12.6. The Morgan fingerprint density at radius 1 is 1.17 bits per heavy atom. The van der Waals surface area contributed by atoms with Gasteiger partial charge in [0.15, 0.2) is 0 Å². The summed E-state index contributed by atoms with van der Waals surface area (Å²) < 4.78 is 43.1. The van der Waals surface area contributed by atoms with Gasteiger partial charge in [0.2, 0.25) is 0 Å². The Balaban J connectivity index is 1.61. The van der Waals surface area contributed by atoms with Gasteiger partial charge in [0, 0.05) is 19.0 Å². The lowest BCUT2D eigenvalue weighted by molar-refractivity contribution is -0.137. The monoisotopic (exact) mass is 421 g/mol. The second kappa shape index (κ2) is 8.77. The molecular weight excluding hydrogens is 399 g/mol. The average molecular weight is 421 g/mol. The molecule has 1 atom stereocenters. The number of amides is 1. The van der Waals surface area contributed by atoms with Gasteiger partial charge in [-0.3, -0.25) is 0 Å². The van der Waals surface area contributed by atoms with Crippen LogP contribution < -0.4 is 0 Å². The number of aromatic carboxylic acids is 1. The molecule has 1 aliphatic heterocycles. The van der Waals surface area contributed by atoms with Crippen LogP contribution >= 0.6 is 0 Å². The molecule has 1 amide bonds. The van der Waals surface area contributed by atoms with E-state index in [-0.39, 0.29) is 18.1 Å². The number of aryl methyl sites for hydroxylation is 1. The van der Waals surface area contributed by atoms with Gasteiger partial charge in [-0.15, -0.1) is 0 Å². The lowest BCUT2D eigenvalue weighted by Crippen LogP contribution is -2.39. The number of rotatable bonds is 4. The molecule has 0 aliphatic carbocycles. The molecule has 30 heavy (non-hydrogen) atoms. The zero-order valence-corrected chi connectivity index (χ0v) is 16.4. The Morgan fingerprint density at radius 2 is 1.87 bits per heavy atom. The number of carboxylic acid groups (broad SMARTS) is 1. The van der Waals surface area contributed by atoms with Gasteiger partial charge in [-0.1, -0.05) is 24.3 Å². The van der Waals surface area contributed by atoms with E-state index in [2.05, 4.69) is 0 Å². The molecule has 1 N–H and O–H groups in total. The van der Waals surface area contributed by atoms with E-state index in [1.54, 1.807) is 24.0 Å². The molecule has 1 saturated heterocycles. The molecule has 1 heterocycles. The molecule has 0 aromatic heterocycles. The molecular formula is C22H22F3NO4. The zero-order valence-electron chi connectivity index (χ0n) is 16.4. The molecule has 1 fully saturated rings. The van der Waals surface area contributed by atoms with Gasteiger partial charge in [-0.25, -0.2) is 9.59 Å². The summed E-state index contributed by atoms with van der Waals surface area (Å²) in [5, 5.41) is 9.32. The van der Waals surface area contributed by atoms with Crippen LogP contribution in [0.3, 0.4) is 0 Å². The number of carbonyl (C=O) groups excluding carboxylic acids is 1. The van der Waals surface area contributed by atoms with Crippen LogP contribution in [0.4, 0.5) is 18.0 Å². The first-order chi connectivity index (χ1) is 14.1. The van der Waals surface area contributed by atoms with Gasteiger partial charge >= 0.3 is 18.2 Å². The highest BCUT2D eigenvalue weighted by Crippen LogP contribution is 2.30. The van der Waals surface area contributed by atoms with Crippen LogP contribution in [-0.2, 0) is 17.5 Å². The molecule has 2 aromatic rings. The van der Waals surface area contributed by atoms with Crippen molar-refractivity contribution >= 4 is 12.1 Å². The molecule has 0 unspecified atom stereocenters. The molecule has 0 radical (unpaired) electrons. The van der Waals surface area contributed by atoms with Gasteiger partial charge in [-0.2, -0.15) is 13.2 Å². The molecule has 0 spiro atoms. The predicted molar refractivity (Wildman–Crippen MR) is 103 cm³/mol. The van der Waals surface area contributed by atoms with Gasteiger partial charge in [0.1, 0.15) is 6.61 Å². The third-order valence-electron chi connectivity index (χ3n) is 5.29. The smallest absolute Gasteiger partial charge is 0.416 e. The largest absolute Gasteiger partial charge is 0.478 e. The second-order valence-corrected chi connectivity index (χ2v) is 7.41. The number of ether oxygens (including phenoxy) is 1. The normalized spacial score (nSPS) is 16.9. The van der Waals surface area contributed by atoms with Crippen molar-refractivity contribution in [3.8, 4) is 0 Å². The van der Waals surface area contributed by atoms with Crippen LogP contribution in [0.5, 0.6) is 0 Å². The first kappa shape index (κ1) is 21.7. The van der Waals surface area contributed by atoms with Gasteiger partial charge in [0.05, 0.1) is 11.1 Å².